The molecule has 2 atom stereocenters. The predicted molar refractivity (Wildman–Crippen MR) is 90.7 cm³/mol. The molecule has 0 saturated carbocycles. The molecule has 2 rings (SSSR count). The van der Waals surface area contributed by atoms with Gasteiger partial charge in [-0.2, -0.15) is 0 Å². The van der Waals surface area contributed by atoms with Crippen molar-refractivity contribution in [1.82, 2.24) is 10.6 Å². The minimum Gasteiger partial charge on any atom is -0.358 e. The summed E-state index contributed by atoms with van der Waals surface area (Å²) in [6.45, 7) is 8.84. The van der Waals surface area contributed by atoms with Gasteiger partial charge in [0.25, 0.3) is 0 Å². The van der Waals surface area contributed by atoms with Crippen LogP contribution in [-0.2, 0) is 4.79 Å². The van der Waals surface area contributed by atoms with Crippen molar-refractivity contribution in [3.05, 3.63) is 28.2 Å². The van der Waals surface area contributed by atoms with Crippen molar-refractivity contribution in [2.45, 2.75) is 39.3 Å². The monoisotopic (exact) mass is 353 g/mol. The van der Waals surface area contributed by atoms with Gasteiger partial charge in [-0.25, -0.2) is 0 Å². The van der Waals surface area contributed by atoms with Crippen LogP contribution in [0.3, 0.4) is 0 Å². The lowest BCUT2D eigenvalue weighted by Crippen LogP contribution is -2.54. The highest BCUT2D eigenvalue weighted by molar-refractivity contribution is 9.10. The number of hydrogen-bond acceptors (Lipinski definition) is 3. The summed E-state index contributed by atoms with van der Waals surface area (Å²) in [5.41, 5.74) is 2.39. The number of piperazine rings is 1. The lowest BCUT2D eigenvalue weighted by atomic mass is 10.0. The standard InChI is InChI=1S/C16H24BrN3O/c1-4-7-18-11(2)14-6-5-13(17)10-15(14)20-9-8-19-16(21)12(20)3/h5-6,10-12,18H,4,7-9H2,1-3H3,(H,19,21). The van der Waals surface area contributed by atoms with Crippen LogP contribution in [0, 0.1) is 0 Å². The van der Waals surface area contributed by atoms with Crippen molar-refractivity contribution in [3.63, 3.8) is 0 Å². The number of hydrogen-bond donors (Lipinski definition) is 2. The third kappa shape index (κ3) is 3.77. The molecule has 0 bridgehead atoms. The number of anilines is 1. The molecule has 1 aliphatic rings. The summed E-state index contributed by atoms with van der Waals surface area (Å²) >= 11 is 3.55. The van der Waals surface area contributed by atoms with Crippen molar-refractivity contribution in [3.8, 4) is 0 Å². The van der Waals surface area contributed by atoms with E-state index in [9.17, 15) is 4.79 Å². The molecule has 1 aromatic rings. The van der Waals surface area contributed by atoms with E-state index in [2.05, 4.69) is 63.5 Å². The Bertz CT molecular complexity index is 506. The molecular formula is C16H24BrN3O. The Morgan fingerprint density at radius 1 is 1.52 bits per heavy atom. The number of rotatable bonds is 5. The Balaban J connectivity index is 2.32. The smallest absolute Gasteiger partial charge is 0.242 e. The molecule has 0 radical (unpaired) electrons. The van der Waals surface area contributed by atoms with Crippen LogP contribution in [0.4, 0.5) is 5.69 Å². The molecule has 1 fully saturated rings. The van der Waals surface area contributed by atoms with E-state index in [1.807, 2.05) is 6.92 Å². The maximum atomic E-state index is 11.9. The normalized spacial score (nSPS) is 20.3. The molecule has 5 heteroatoms. The Labute approximate surface area is 135 Å². The fraction of sp³-hybridized carbons (Fsp3) is 0.562. The van der Waals surface area contributed by atoms with Crippen molar-refractivity contribution >= 4 is 27.5 Å². The molecule has 2 unspecified atom stereocenters. The number of nitrogens with one attached hydrogen (secondary N) is 2. The van der Waals surface area contributed by atoms with E-state index < -0.39 is 0 Å². The summed E-state index contributed by atoms with van der Waals surface area (Å²) in [4.78, 5) is 14.1. The van der Waals surface area contributed by atoms with Crippen LogP contribution in [0.2, 0.25) is 0 Å². The molecule has 2 N–H and O–H groups in total. The molecule has 0 spiro atoms. The Hall–Kier alpha value is -1.07. The molecule has 1 amide bonds. The molecule has 21 heavy (non-hydrogen) atoms. The average molecular weight is 354 g/mol. The minimum atomic E-state index is -0.134. The number of amides is 1. The van der Waals surface area contributed by atoms with Crippen molar-refractivity contribution in [2.24, 2.45) is 0 Å². The van der Waals surface area contributed by atoms with Gasteiger partial charge in [0.05, 0.1) is 0 Å². The van der Waals surface area contributed by atoms with E-state index in [-0.39, 0.29) is 18.0 Å². The van der Waals surface area contributed by atoms with Gasteiger partial charge in [0.15, 0.2) is 0 Å². The molecule has 1 aromatic carbocycles. The topological polar surface area (TPSA) is 44.4 Å². The van der Waals surface area contributed by atoms with Gasteiger partial charge in [0.1, 0.15) is 6.04 Å². The average Bonchev–Trinajstić information content (AvgIpc) is 2.47. The van der Waals surface area contributed by atoms with E-state index in [4.69, 9.17) is 0 Å². The maximum Gasteiger partial charge on any atom is 0.242 e. The fourth-order valence-electron chi connectivity index (χ4n) is 2.71. The number of benzene rings is 1. The van der Waals surface area contributed by atoms with E-state index in [0.29, 0.717) is 6.54 Å². The summed E-state index contributed by atoms with van der Waals surface area (Å²) < 4.78 is 1.04. The van der Waals surface area contributed by atoms with Gasteiger partial charge < -0.3 is 15.5 Å². The molecule has 1 saturated heterocycles. The van der Waals surface area contributed by atoms with Gasteiger partial charge in [-0.3, -0.25) is 4.79 Å². The summed E-state index contributed by atoms with van der Waals surface area (Å²) in [6.07, 6.45) is 1.11. The van der Waals surface area contributed by atoms with Crippen LogP contribution in [0.25, 0.3) is 0 Å². The first kappa shape index (κ1) is 16.3. The molecule has 116 valence electrons. The third-order valence-electron chi connectivity index (χ3n) is 3.97. The molecule has 4 nitrogen and oxygen atoms in total. The lowest BCUT2D eigenvalue weighted by molar-refractivity contribution is -0.122. The minimum absolute atomic E-state index is 0.0985. The summed E-state index contributed by atoms with van der Waals surface area (Å²) in [5, 5.41) is 6.45. The predicted octanol–water partition coefficient (Wildman–Crippen LogP) is 2.83. The molecule has 0 aliphatic carbocycles. The van der Waals surface area contributed by atoms with Crippen LogP contribution in [0.15, 0.2) is 22.7 Å². The fourth-order valence-corrected chi connectivity index (χ4v) is 3.06. The maximum absolute atomic E-state index is 11.9. The molecule has 0 aromatic heterocycles. The Morgan fingerprint density at radius 3 is 3.00 bits per heavy atom. The molecular weight excluding hydrogens is 330 g/mol. The zero-order valence-electron chi connectivity index (χ0n) is 12.9. The molecule has 1 heterocycles. The van der Waals surface area contributed by atoms with Crippen LogP contribution >= 0.6 is 15.9 Å². The number of nitrogens with zero attached hydrogens (tertiary/aromatic N) is 1. The van der Waals surface area contributed by atoms with Gasteiger partial charge in [-0.15, -0.1) is 0 Å². The highest BCUT2D eigenvalue weighted by atomic mass is 79.9. The Morgan fingerprint density at radius 2 is 2.29 bits per heavy atom. The van der Waals surface area contributed by atoms with E-state index in [1.54, 1.807) is 0 Å². The van der Waals surface area contributed by atoms with E-state index in [1.165, 1.54) is 5.56 Å². The van der Waals surface area contributed by atoms with Crippen LogP contribution in [-0.4, -0.2) is 31.6 Å². The summed E-state index contributed by atoms with van der Waals surface area (Å²) in [7, 11) is 0. The lowest BCUT2D eigenvalue weighted by Gasteiger charge is -2.37. The first-order valence-electron chi connectivity index (χ1n) is 7.61. The Kier molecular flexibility index (Phi) is 5.65. The first-order valence-corrected chi connectivity index (χ1v) is 8.41. The van der Waals surface area contributed by atoms with Gasteiger partial charge >= 0.3 is 0 Å². The SMILES string of the molecule is CCCNC(C)c1ccc(Br)cc1N1CCNC(=O)C1C. The van der Waals surface area contributed by atoms with Gasteiger partial charge in [0, 0.05) is 29.3 Å². The zero-order chi connectivity index (χ0) is 15.4. The van der Waals surface area contributed by atoms with Gasteiger partial charge in [-0.05, 0) is 44.5 Å². The van der Waals surface area contributed by atoms with Crippen molar-refractivity contribution in [1.29, 1.82) is 0 Å². The van der Waals surface area contributed by atoms with Crippen LogP contribution in [0.1, 0.15) is 38.8 Å². The van der Waals surface area contributed by atoms with Crippen LogP contribution < -0.4 is 15.5 Å². The largest absolute Gasteiger partial charge is 0.358 e. The second kappa shape index (κ2) is 7.27. The quantitative estimate of drug-likeness (QED) is 0.855. The zero-order valence-corrected chi connectivity index (χ0v) is 14.5. The van der Waals surface area contributed by atoms with Crippen molar-refractivity contribution in [2.75, 3.05) is 24.5 Å². The number of halogens is 1. The van der Waals surface area contributed by atoms with Gasteiger partial charge in [0.2, 0.25) is 5.91 Å². The van der Waals surface area contributed by atoms with E-state index in [0.717, 1.165) is 29.7 Å². The third-order valence-corrected chi connectivity index (χ3v) is 4.46. The van der Waals surface area contributed by atoms with Crippen LogP contribution in [0.5, 0.6) is 0 Å². The second-order valence-electron chi connectivity index (χ2n) is 5.54. The number of carbonyl (C=O) groups excluding carboxylic acids is 1. The summed E-state index contributed by atoms with van der Waals surface area (Å²) in [6, 6.07) is 6.47. The molecule has 1 aliphatic heterocycles. The number of carbonyl (C=O) groups is 1. The van der Waals surface area contributed by atoms with Crippen molar-refractivity contribution < 1.29 is 4.79 Å². The second-order valence-corrected chi connectivity index (χ2v) is 6.46. The van der Waals surface area contributed by atoms with E-state index >= 15 is 0 Å². The summed E-state index contributed by atoms with van der Waals surface area (Å²) in [5.74, 6) is 0.0985. The highest BCUT2D eigenvalue weighted by Crippen LogP contribution is 2.31. The highest BCUT2D eigenvalue weighted by Gasteiger charge is 2.28. The first-order chi connectivity index (χ1) is 10.0. The van der Waals surface area contributed by atoms with Gasteiger partial charge in [-0.1, -0.05) is 28.9 Å².